The van der Waals surface area contributed by atoms with E-state index in [2.05, 4.69) is 0 Å². The lowest BCUT2D eigenvalue weighted by molar-refractivity contribution is 0.0544. The van der Waals surface area contributed by atoms with E-state index in [1.54, 1.807) is 13.3 Å². The van der Waals surface area contributed by atoms with Gasteiger partial charge in [0.1, 0.15) is 11.4 Å². The van der Waals surface area contributed by atoms with Crippen LogP contribution in [0, 0.1) is 0 Å². The summed E-state index contributed by atoms with van der Waals surface area (Å²) in [5.41, 5.74) is 2.66. The summed E-state index contributed by atoms with van der Waals surface area (Å²) < 4.78 is 12.2. The summed E-state index contributed by atoms with van der Waals surface area (Å²) in [7, 11) is 1.62. The molecule has 1 heterocycles. The highest BCUT2D eigenvalue weighted by molar-refractivity contribution is 6.02. The van der Waals surface area contributed by atoms with Gasteiger partial charge in [-0.05, 0) is 50.1 Å². The molecule has 3 aromatic rings. The molecule has 5 nitrogen and oxygen atoms in total. The molecule has 1 aromatic heterocycles. The van der Waals surface area contributed by atoms with Gasteiger partial charge in [-0.1, -0.05) is 24.3 Å². The Morgan fingerprint density at radius 3 is 2.38 bits per heavy atom. The van der Waals surface area contributed by atoms with Gasteiger partial charge in [0.05, 0.1) is 19.2 Å². The van der Waals surface area contributed by atoms with Crippen LogP contribution in [0.4, 0.5) is 4.79 Å². The number of ether oxygens (including phenoxy) is 2. The van der Waals surface area contributed by atoms with Gasteiger partial charge in [-0.2, -0.15) is 0 Å². The van der Waals surface area contributed by atoms with Gasteiger partial charge in [0.25, 0.3) is 0 Å². The normalized spacial score (nSPS) is 11.6. The molecule has 0 aliphatic carbocycles. The molecule has 5 heteroatoms. The lowest BCUT2D eigenvalue weighted by Crippen LogP contribution is -2.26. The van der Waals surface area contributed by atoms with Gasteiger partial charge in [-0.3, -0.25) is 4.57 Å². The van der Waals surface area contributed by atoms with Crippen LogP contribution in [0.3, 0.4) is 0 Å². The first-order valence-electron chi connectivity index (χ1n) is 8.45. The predicted octanol–water partition coefficient (Wildman–Crippen LogP) is 4.59. The van der Waals surface area contributed by atoms with Crippen molar-refractivity contribution in [1.29, 1.82) is 0 Å². The maximum atomic E-state index is 12.7. The fraction of sp³-hybridized carbons (Fsp3) is 0.286. The van der Waals surface area contributed by atoms with Gasteiger partial charge in [0.15, 0.2) is 0 Å². The van der Waals surface area contributed by atoms with Gasteiger partial charge in [-0.25, -0.2) is 4.79 Å². The first-order valence-corrected chi connectivity index (χ1v) is 8.45. The number of fused-ring (bicyclic) bond motifs is 1. The van der Waals surface area contributed by atoms with E-state index >= 15 is 0 Å². The van der Waals surface area contributed by atoms with Crippen LogP contribution in [-0.2, 0) is 11.3 Å². The summed E-state index contributed by atoms with van der Waals surface area (Å²) >= 11 is 0. The molecule has 0 unspecified atom stereocenters. The molecule has 0 spiro atoms. The zero-order valence-corrected chi connectivity index (χ0v) is 15.4. The summed E-state index contributed by atoms with van der Waals surface area (Å²) in [5, 5.41) is 10.6. The average Bonchev–Trinajstić information content (AvgIpc) is 3.00. The SMILES string of the molecule is COc1ccc(-c2cn(C(=O)OC(C)(C)C)c3cccc(CO)c23)cc1. The summed E-state index contributed by atoms with van der Waals surface area (Å²) in [6, 6.07) is 13.1. The van der Waals surface area contributed by atoms with Crippen LogP contribution in [-0.4, -0.2) is 28.5 Å². The van der Waals surface area contributed by atoms with Gasteiger partial charge >= 0.3 is 6.09 Å². The van der Waals surface area contributed by atoms with Gasteiger partial charge < -0.3 is 14.6 Å². The Bertz CT molecular complexity index is 933. The lowest BCUT2D eigenvalue weighted by Gasteiger charge is -2.19. The monoisotopic (exact) mass is 353 g/mol. The molecule has 0 saturated carbocycles. The molecule has 0 atom stereocenters. The Morgan fingerprint density at radius 2 is 1.81 bits per heavy atom. The van der Waals surface area contributed by atoms with E-state index in [9.17, 15) is 9.90 Å². The smallest absolute Gasteiger partial charge is 0.419 e. The zero-order chi connectivity index (χ0) is 18.9. The van der Waals surface area contributed by atoms with Gasteiger partial charge in [0.2, 0.25) is 0 Å². The van der Waals surface area contributed by atoms with E-state index in [4.69, 9.17) is 9.47 Å². The third-order valence-electron chi connectivity index (χ3n) is 4.08. The maximum Gasteiger partial charge on any atom is 0.419 e. The van der Waals surface area contributed by atoms with E-state index in [-0.39, 0.29) is 6.61 Å². The number of aromatic nitrogens is 1. The van der Waals surface area contributed by atoms with Crippen molar-refractivity contribution in [2.45, 2.75) is 33.0 Å². The van der Waals surface area contributed by atoms with E-state index in [0.717, 1.165) is 27.8 Å². The third kappa shape index (κ3) is 3.44. The second kappa shape index (κ2) is 6.84. The molecule has 1 N–H and O–H groups in total. The number of aliphatic hydroxyl groups excluding tert-OH is 1. The van der Waals surface area contributed by atoms with Crippen molar-refractivity contribution in [3.8, 4) is 16.9 Å². The van der Waals surface area contributed by atoms with Crippen molar-refractivity contribution in [3.63, 3.8) is 0 Å². The molecule has 26 heavy (non-hydrogen) atoms. The van der Waals surface area contributed by atoms with E-state index < -0.39 is 11.7 Å². The highest BCUT2D eigenvalue weighted by atomic mass is 16.6. The van der Waals surface area contributed by atoms with Crippen molar-refractivity contribution < 1.29 is 19.4 Å². The number of hydrogen-bond acceptors (Lipinski definition) is 4. The van der Waals surface area contributed by atoms with Crippen LogP contribution < -0.4 is 4.74 Å². The predicted molar refractivity (Wildman–Crippen MR) is 101 cm³/mol. The molecule has 0 bridgehead atoms. The summed E-state index contributed by atoms with van der Waals surface area (Å²) in [5.74, 6) is 0.756. The number of rotatable bonds is 3. The summed E-state index contributed by atoms with van der Waals surface area (Å²) in [6.07, 6.45) is 1.32. The number of methoxy groups -OCH3 is 1. The van der Waals surface area contributed by atoms with Crippen LogP contribution in [0.1, 0.15) is 26.3 Å². The number of aliphatic hydroxyl groups is 1. The first kappa shape index (κ1) is 18.0. The second-order valence-corrected chi connectivity index (χ2v) is 7.09. The van der Waals surface area contributed by atoms with E-state index in [1.807, 2.05) is 63.2 Å². The summed E-state index contributed by atoms with van der Waals surface area (Å²) in [4.78, 5) is 12.7. The molecule has 0 aliphatic heterocycles. The number of benzene rings is 2. The fourth-order valence-corrected chi connectivity index (χ4v) is 2.94. The minimum Gasteiger partial charge on any atom is -0.497 e. The zero-order valence-electron chi connectivity index (χ0n) is 15.4. The van der Waals surface area contributed by atoms with Crippen molar-refractivity contribution in [1.82, 2.24) is 4.57 Å². The molecule has 0 aliphatic rings. The first-order chi connectivity index (χ1) is 12.3. The molecule has 2 aromatic carbocycles. The Morgan fingerprint density at radius 1 is 1.12 bits per heavy atom. The lowest BCUT2D eigenvalue weighted by atomic mass is 10.0. The molecular weight excluding hydrogens is 330 g/mol. The van der Waals surface area contributed by atoms with Crippen LogP contribution in [0.2, 0.25) is 0 Å². The fourth-order valence-electron chi connectivity index (χ4n) is 2.94. The average molecular weight is 353 g/mol. The van der Waals surface area contributed by atoms with Crippen molar-refractivity contribution in [2.75, 3.05) is 7.11 Å². The highest BCUT2D eigenvalue weighted by Gasteiger charge is 2.22. The van der Waals surface area contributed by atoms with Crippen LogP contribution in [0.5, 0.6) is 5.75 Å². The summed E-state index contributed by atoms with van der Waals surface area (Å²) in [6.45, 7) is 5.39. The third-order valence-corrected chi connectivity index (χ3v) is 4.08. The molecule has 0 amide bonds. The quantitative estimate of drug-likeness (QED) is 0.748. The number of hydrogen-bond donors (Lipinski definition) is 1. The largest absolute Gasteiger partial charge is 0.497 e. The molecule has 0 fully saturated rings. The Balaban J connectivity index is 2.20. The Labute approximate surface area is 152 Å². The minimum absolute atomic E-state index is 0.112. The Hall–Kier alpha value is -2.79. The molecule has 136 valence electrons. The van der Waals surface area contributed by atoms with Gasteiger partial charge in [-0.15, -0.1) is 0 Å². The van der Waals surface area contributed by atoms with E-state index in [1.165, 1.54) is 4.57 Å². The van der Waals surface area contributed by atoms with Crippen molar-refractivity contribution in [2.24, 2.45) is 0 Å². The van der Waals surface area contributed by atoms with Crippen LogP contribution in [0.25, 0.3) is 22.0 Å². The van der Waals surface area contributed by atoms with Crippen molar-refractivity contribution in [3.05, 3.63) is 54.2 Å². The van der Waals surface area contributed by atoms with E-state index in [0.29, 0.717) is 5.52 Å². The maximum absolute atomic E-state index is 12.7. The van der Waals surface area contributed by atoms with Crippen molar-refractivity contribution >= 4 is 17.0 Å². The number of carbonyl (C=O) groups excluding carboxylic acids is 1. The minimum atomic E-state index is -0.595. The topological polar surface area (TPSA) is 60.7 Å². The highest BCUT2D eigenvalue weighted by Crippen LogP contribution is 2.34. The molecule has 3 rings (SSSR count). The van der Waals surface area contributed by atoms with Gasteiger partial charge in [0, 0.05) is 17.1 Å². The Kier molecular flexibility index (Phi) is 4.74. The molecule has 0 radical (unpaired) electrons. The number of nitrogens with zero attached hydrogens (tertiary/aromatic N) is 1. The molecule has 0 saturated heterocycles. The second-order valence-electron chi connectivity index (χ2n) is 7.09. The standard InChI is InChI=1S/C21H23NO4/c1-21(2,3)26-20(24)22-12-17(14-8-10-16(25-4)11-9-14)19-15(13-23)6-5-7-18(19)22/h5-12,23H,13H2,1-4H3. The van der Waals surface area contributed by atoms with Crippen LogP contribution in [0.15, 0.2) is 48.7 Å². The van der Waals surface area contributed by atoms with Crippen LogP contribution >= 0.6 is 0 Å². The molecular formula is C21H23NO4. The number of carbonyl (C=O) groups is 1.